The van der Waals surface area contributed by atoms with Crippen LogP contribution in [0.2, 0.25) is 0 Å². The smallest absolute Gasteiger partial charge is 0.237 e. The number of halogens is 2. The molecular weight excluding hydrogens is 283 g/mol. The Balaban J connectivity index is 0.00000200. The fourth-order valence-corrected chi connectivity index (χ4v) is 2.21. The molecule has 0 bridgehead atoms. The average molecular weight is 303 g/mol. The first-order chi connectivity index (χ1) is 9.20. The fourth-order valence-electron chi connectivity index (χ4n) is 2.21. The summed E-state index contributed by atoms with van der Waals surface area (Å²) < 4.78 is 18.3. The summed E-state index contributed by atoms with van der Waals surface area (Å²) in [4.78, 5) is 11.9. The van der Waals surface area contributed by atoms with E-state index in [0.29, 0.717) is 6.54 Å². The van der Waals surface area contributed by atoms with Crippen LogP contribution in [0.25, 0.3) is 0 Å². The van der Waals surface area contributed by atoms with E-state index in [1.165, 1.54) is 13.2 Å². The highest BCUT2D eigenvalue weighted by atomic mass is 35.5. The summed E-state index contributed by atoms with van der Waals surface area (Å²) >= 11 is 0. The molecule has 1 aliphatic rings. The SMILES string of the molecule is COc1ccc(CNC(=O)C2CCCCN2)cc1F.Cl. The number of hydrogen-bond acceptors (Lipinski definition) is 3. The molecular formula is C14H20ClFN2O2. The summed E-state index contributed by atoms with van der Waals surface area (Å²) in [6, 6.07) is 4.58. The van der Waals surface area contributed by atoms with Crippen molar-refractivity contribution in [3.63, 3.8) is 0 Å². The van der Waals surface area contributed by atoms with E-state index in [1.54, 1.807) is 12.1 Å². The molecule has 0 aromatic heterocycles. The van der Waals surface area contributed by atoms with Gasteiger partial charge in [0.2, 0.25) is 5.91 Å². The maximum absolute atomic E-state index is 13.5. The van der Waals surface area contributed by atoms with Gasteiger partial charge in [0.15, 0.2) is 11.6 Å². The third kappa shape index (κ3) is 4.35. The number of rotatable bonds is 4. The van der Waals surface area contributed by atoms with Gasteiger partial charge < -0.3 is 15.4 Å². The average Bonchev–Trinajstić information content (AvgIpc) is 2.46. The second-order valence-electron chi connectivity index (χ2n) is 4.69. The van der Waals surface area contributed by atoms with Crippen LogP contribution in [-0.4, -0.2) is 25.6 Å². The van der Waals surface area contributed by atoms with Crippen molar-refractivity contribution in [2.75, 3.05) is 13.7 Å². The molecule has 0 aliphatic carbocycles. The lowest BCUT2D eigenvalue weighted by atomic mass is 10.0. The summed E-state index contributed by atoms with van der Waals surface area (Å²) in [6.45, 7) is 1.22. The number of carbonyl (C=O) groups is 1. The van der Waals surface area contributed by atoms with Crippen LogP contribution in [-0.2, 0) is 11.3 Å². The van der Waals surface area contributed by atoms with Crippen molar-refractivity contribution >= 4 is 18.3 Å². The third-order valence-electron chi connectivity index (χ3n) is 3.31. The Labute approximate surface area is 124 Å². The van der Waals surface area contributed by atoms with Gasteiger partial charge in [0.25, 0.3) is 0 Å². The fraction of sp³-hybridized carbons (Fsp3) is 0.500. The molecule has 112 valence electrons. The number of amides is 1. The van der Waals surface area contributed by atoms with Gasteiger partial charge in [-0.2, -0.15) is 0 Å². The lowest BCUT2D eigenvalue weighted by molar-refractivity contribution is -0.123. The van der Waals surface area contributed by atoms with Crippen molar-refractivity contribution in [2.24, 2.45) is 0 Å². The van der Waals surface area contributed by atoms with Crippen LogP contribution in [0, 0.1) is 5.82 Å². The standard InChI is InChI=1S/C14H19FN2O2.ClH/c1-19-13-6-5-10(8-11(13)15)9-17-14(18)12-4-2-3-7-16-12;/h5-6,8,12,16H,2-4,7,9H2,1H3,(H,17,18);1H. The van der Waals surface area contributed by atoms with Gasteiger partial charge in [-0.25, -0.2) is 4.39 Å². The van der Waals surface area contributed by atoms with Crippen LogP contribution in [0.1, 0.15) is 24.8 Å². The molecule has 1 fully saturated rings. The molecule has 2 rings (SSSR count). The van der Waals surface area contributed by atoms with Gasteiger partial charge >= 0.3 is 0 Å². The van der Waals surface area contributed by atoms with Crippen LogP contribution >= 0.6 is 12.4 Å². The predicted octanol–water partition coefficient (Wildman–Crippen LogP) is 2.01. The zero-order chi connectivity index (χ0) is 13.7. The largest absolute Gasteiger partial charge is 0.494 e. The highest BCUT2D eigenvalue weighted by molar-refractivity contribution is 5.85. The monoisotopic (exact) mass is 302 g/mol. The topological polar surface area (TPSA) is 50.4 Å². The predicted molar refractivity (Wildman–Crippen MR) is 77.7 cm³/mol. The number of benzene rings is 1. The van der Waals surface area contributed by atoms with Crippen LogP contribution in [0.15, 0.2) is 18.2 Å². The van der Waals surface area contributed by atoms with E-state index in [9.17, 15) is 9.18 Å². The third-order valence-corrected chi connectivity index (χ3v) is 3.31. The second kappa shape index (κ2) is 8.07. The van der Waals surface area contributed by atoms with Crippen LogP contribution < -0.4 is 15.4 Å². The Morgan fingerprint density at radius 3 is 2.90 bits per heavy atom. The van der Waals surface area contributed by atoms with Gasteiger partial charge in [-0.3, -0.25) is 4.79 Å². The molecule has 6 heteroatoms. The molecule has 1 amide bonds. The second-order valence-corrected chi connectivity index (χ2v) is 4.69. The zero-order valence-corrected chi connectivity index (χ0v) is 12.3. The summed E-state index contributed by atoms with van der Waals surface area (Å²) in [7, 11) is 1.43. The van der Waals surface area contributed by atoms with E-state index in [2.05, 4.69) is 10.6 Å². The molecule has 1 aromatic carbocycles. The Morgan fingerprint density at radius 1 is 1.50 bits per heavy atom. The molecule has 1 saturated heterocycles. The molecule has 2 N–H and O–H groups in total. The quantitative estimate of drug-likeness (QED) is 0.894. The Hall–Kier alpha value is -1.33. The van der Waals surface area contributed by atoms with Gasteiger partial charge in [0.1, 0.15) is 0 Å². The minimum atomic E-state index is -0.412. The molecule has 1 heterocycles. The lowest BCUT2D eigenvalue weighted by Crippen LogP contribution is -2.46. The number of carbonyl (C=O) groups excluding carboxylic acids is 1. The minimum absolute atomic E-state index is 0. The van der Waals surface area contributed by atoms with Gasteiger partial charge in [-0.05, 0) is 37.1 Å². The van der Waals surface area contributed by atoms with Crippen molar-refractivity contribution in [1.29, 1.82) is 0 Å². The number of nitrogens with one attached hydrogen (secondary N) is 2. The summed E-state index contributed by atoms with van der Waals surface area (Å²) in [6.07, 6.45) is 3.05. The first-order valence-electron chi connectivity index (χ1n) is 6.54. The maximum atomic E-state index is 13.5. The molecule has 0 saturated carbocycles. The highest BCUT2D eigenvalue weighted by Crippen LogP contribution is 2.17. The van der Waals surface area contributed by atoms with Crippen molar-refractivity contribution < 1.29 is 13.9 Å². The summed E-state index contributed by atoms with van der Waals surface area (Å²) in [5.74, 6) is -0.218. The first-order valence-corrected chi connectivity index (χ1v) is 6.54. The Morgan fingerprint density at radius 2 is 2.30 bits per heavy atom. The number of methoxy groups -OCH3 is 1. The van der Waals surface area contributed by atoms with Gasteiger partial charge in [0, 0.05) is 6.54 Å². The number of piperidine rings is 1. The molecule has 0 radical (unpaired) electrons. The van der Waals surface area contributed by atoms with Crippen LogP contribution in [0.4, 0.5) is 4.39 Å². The van der Waals surface area contributed by atoms with Gasteiger partial charge in [0.05, 0.1) is 13.2 Å². The van der Waals surface area contributed by atoms with E-state index in [0.717, 1.165) is 31.4 Å². The molecule has 1 aliphatic heterocycles. The van der Waals surface area contributed by atoms with E-state index in [1.807, 2.05) is 0 Å². The number of hydrogen-bond donors (Lipinski definition) is 2. The molecule has 4 nitrogen and oxygen atoms in total. The Kier molecular flexibility index (Phi) is 6.75. The van der Waals surface area contributed by atoms with Crippen LogP contribution in [0.3, 0.4) is 0 Å². The van der Waals surface area contributed by atoms with Crippen LogP contribution in [0.5, 0.6) is 5.75 Å². The molecule has 1 aromatic rings. The normalized spacial score (nSPS) is 18.0. The molecule has 1 unspecified atom stereocenters. The van der Waals surface area contributed by atoms with E-state index in [-0.39, 0.29) is 30.1 Å². The summed E-state index contributed by atoms with van der Waals surface area (Å²) in [5, 5.41) is 6.00. The van der Waals surface area contributed by atoms with Crippen molar-refractivity contribution in [3.8, 4) is 5.75 Å². The van der Waals surface area contributed by atoms with Crippen molar-refractivity contribution in [1.82, 2.24) is 10.6 Å². The highest BCUT2D eigenvalue weighted by Gasteiger charge is 2.19. The van der Waals surface area contributed by atoms with E-state index < -0.39 is 5.82 Å². The molecule has 0 spiro atoms. The van der Waals surface area contributed by atoms with Crippen molar-refractivity contribution in [2.45, 2.75) is 31.8 Å². The zero-order valence-electron chi connectivity index (χ0n) is 11.4. The molecule has 20 heavy (non-hydrogen) atoms. The number of ether oxygens (including phenoxy) is 1. The Bertz CT molecular complexity index is 451. The van der Waals surface area contributed by atoms with Crippen molar-refractivity contribution in [3.05, 3.63) is 29.6 Å². The first kappa shape index (κ1) is 16.7. The van der Waals surface area contributed by atoms with E-state index in [4.69, 9.17) is 4.74 Å². The summed E-state index contributed by atoms with van der Waals surface area (Å²) in [5.41, 5.74) is 0.724. The van der Waals surface area contributed by atoms with Gasteiger partial charge in [-0.1, -0.05) is 12.5 Å². The van der Waals surface area contributed by atoms with Gasteiger partial charge in [-0.15, -0.1) is 12.4 Å². The van der Waals surface area contributed by atoms with E-state index >= 15 is 0 Å². The maximum Gasteiger partial charge on any atom is 0.237 e. The lowest BCUT2D eigenvalue weighted by Gasteiger charge is -2.22. The molecule has 1 atom stereocenters. The minimum Gasteiger partial charge on any atom is -0.494 e.